The van der Waals surface area contributed by atoms with Gasteiger partial charge in [0, 0.05) is 5.54 Å². The van der Waals surface area contributed by atoms with Gasteiger partial charge in [-0.05, 0) is 57.4 Å². The van der Waals surface area contributed by atoms with E-state index in [4.69, 9.17) is 11.6 Å². The number of hydrogen-bond acceptors (Lipinski definition) is 5. The summed E-state index contributed by atoms with van der Waals surface area (Å²) in [6, 6.07) is 1.87. The Morgan fingerprint density at radius 2 is 1.93 bits per heavy atom. The van der Waals surface area contributed by atoms with Gasteiger partial charge in [-0.3, -0.25) is 9.59 Å². The van der Waals surface area contributed by atoms with Crippen molar-refractivity contribution in [2.75, 3.05) is 18.6 Å². The Labute approximate surface area is 174 Å². The van der Waals surface area contributed by atoms with Crippen molar-refractivity contribution >= 4 is 45.2 Å². The Balaban J connectivity index is 2.87. The average molecular weight is 454 g/mol. The fourth-order valence-corrected chi connectivity index (χ4v) is 4.10. The van der Waals surface area contributed by atoms with Crippen LogP contribution in [0.15, 0.2) is 23.1 Å². The molecule has 0 aromatic heterocycles. The number of nitrogens with one attached hydrogen (secondary N) is 3. The smallest absolute Gasteiger partial charge is 0.241 e. The molecule has 0 unspecified atom stereocenters. The molecule has 28 heavy (non-hydrogen) atoms. The first-order valence-corrected chi connectivity index (χ1v) is 11.7. The van der Waals surface area contributed by atoms with Gasteiger partial charge >= 0.3 is 0 Å². The third kappa shape index (κ3) is 8.34. The lowest BCUT2D eigenvalue weighted by molar-refractivity contribution is -0.127. The molecule has 2 amide bonds. The van der Waals surface area contributed by atoms with Crippen molar-refractivity contribution in [3.8, 4) is 0 Å². The van der Waals surface area contributed by atoms with E-state index in [1.165, 1.54) is 11.8 Å². The Kier molecular flexibility index (Phi) is 9.19. The number of carbonyl (C=O) groups is 2. The molecule has 1 atom stereocenters. The van der Waals surface area contributed by atoms with Crippen LogP contribution in [0.5, 0.6) is 0 Å². The topological polar surface area (TPSA) is 104 Å². The minimum atomic E-state index is -4.11. The standard InChI is InChI=1S/C17H25ClFN3O4S2/c1-17(2,3)21-15(23)10-20-16(24)14(7-8-27-4)22-28(25,26)11-5-6-13(19)12(18)9-11/h5-6,9,14,22H,7-8,10H2,1-4H3,(H,20,24)(H,21,23)/t14-/m0/s1. The van der Waals surface area contributed by atoms with Gasteiger partial charge in [0.1, 0.15) is 11.9 Å². The third-order valence-electron chi connectivity index (χ3n) is 3.36. The molecular weight excluding hydrogens is 429 g/mol. The summed E-state index contributed by atoms with van der Waals surface area (Å²) in [5.74, 6) is -1.26. The van der Waals surface area contributed by atoms with Crippen LogP contribution in [-0.2, 0) is 19.6 Å². The van der Waals surface area contributed by atoms with Crippen molar-refractivity contribution in [1.29, 1.82) is 0 Å². The number of hydrogen-bond donors (Lipinski definition) is 3. The molecule has 0 aliphatic rings. The fourth-order valence-electron chi connectivity index (χ4n) is 2.13. The molecule has 0 aliphatic carbocycles. The molecule has 1 rings (SSSR count). The highest BCUT2D eigenvalue weighted by Gasteiger charge is 2.26. The van der Waals surface area contributed by atoms with Gasteiger partial charge in [-0.25, -0.2) is 12.8 Å². The maximum Gasteiger partial charge on any atom is 0.241 e. The van der Waals surface area contributed by atoms with Crippen LogP contribution in [0.25, 0.3) is 0 Å². The Morgan fingerprint density at radius 3 is 2.46 bits per heavy atom. The van der Waals surface area contributed by atoms with Gasteiger partial charge in [-0.2, -0.15) is 16.5 Å². The van der Waals surface area contributed by atoms with Crippen LogP contribution in [0, 0.1) is 5.82 Å². The predicted molar refractivity (Wildman–Crippen MR) is 109 cm³/mol. The predicted octanol–water partition coefficient (Wildman–Crippen LogP) is 1.91. The molecule has 0 saturated carbocycles. The van der Waals surface area contributed by atoms with E-state index >= 15 is 0 Å². The minimum absolute atomic E-state index is 0.210. The Morgan fingerprint density at radius 1 is 1.29 bits per heavy atom. The second-order valence-electron chi connectivity index (χ2n) is 7.05. The molecule has 1 aromatic rings. The fraction of sp³-hybridized carbons (Fsp3) is 0.529. The van der Waals surface area contributed by atoms with Crippen LogP contribution in [-0.4, -0.2) is 50.4 Å². The first kappa shape index (κ1) is 24.7. The zero-order valence-corrected chi connectivity index (χ0v) is 18.5. The molecule has 11 heteroatoms. The van der Waals surface area contributed by atoms with Crippen molar-refractivity contribution in [2.45, 2.75) is 43.7 Å². The number of halogens is 2. The molecule has 0 spiro atoms. The lowest BCUT2D eigenvalue weighted by Crippen LogP contribution is -2.51. The summed E-state index contributed by atoms with van der Waals surface area (Å²) in [7, 11) is -4.11. The summed E-state index contributed by atoms with van der Waals surface area (Å²) in [4.78, 5) is 24.0. The highest BCUT2D eigenvalue weighted by Crippen LogP contribution is 2.20. The SMILES string of the molecule is CSCC[C@H](NS(=O)(=O)c1ccc(F)c(Cl)c1)C(=O)NCC(=O)NC(C)(C)C. The first-order valence-electron chi connectivity index (χ1n) is 8.41. The van der Waals surface area contributed by atoms with Crippen LogP contribution in [0.2, 0.25) is 5.02 Å². The molecule has 0 radical (unpaired) electrons. The van der Waals surface area contributed by atoms with E-state index in [2.05, 4.69) is 15.4 Å². The number of carbonyl (C=O) groups excluding carboxylic acids is 2. The number of thioether (sulfide) groups is 1. The van der Waals surface area contributed by atoms with Crippen LogP contribution < -0.4 is 15.4 Å². The quantitative estimate of drug-likeness (QED) is 0.529. The third-order valence-corrected chi connectivity index (χ3v) is 5.77. The lowest BCUT2D eigenvalue weighted by Gasteiger charge is -2.22. The normalized spacial score (nSPS) is 13.1. The van der Waals surface area contributed by atoms with Crippen LogP contribution in [0.3, 0.4) is 0 Å². The van der Waals surface area contributed by atoms with Crippen molar-refractivity contribution in [3.63, 3.8) is 0 Å². The Bertz CT molecular complexity index is 813. The zero-order chi connectivity index (χ0) is 21.5. The van der Waals surface area contributed by atoms with E-state index < -0.39 is 39.2 Å². The monoisotopic (exact) mass is 453 g/mol. The summed E-state index contributed by atoms with van der Waals surface area (Å²) in [6.07, 6.45) is 2.03. The highest BCUT2D eigenvalue weighted by molar-refractivity contribution is 7.98. The molecule has 0 aliphatic heterocycles. The maximum atomic E-state index is 13.3. The van der Waals surface area contributed by atoms with Crippen molar-refractivity contribution in [1.82, 2.24) is 15.4 Å². The van der Waals surface area contributed by atoms with E-state index in [0.717, 1.165) is 18.2 Å². The minimum Gasteiger partial charge on any atom is -0.350 e. The van der Waals surface area contributed by atoms with E-state index in [1.54, 1.807) is 20.8 Å². The van der Waals surface area contributed by atoms with Crippen LogP contribution in [0.4, 0.5) is 4.39 Å². The number of amides is 2. The van der Waals surface area contributed by atoms with E-state index in [0.29, 0.717) is 5.75 Å². The molecule has 0 heterocycles. The van der Waals surface area contributed by atoms with Crippen molar-refractivity contribution in [3.05, 3.63) is 29.0 Å². The molecule has 0 saturated heterocycles. The highest BCUT2D eigenvalue weighted by atomic mass is 35.5. The molecular formula is C17H25ClFN3O4S2. The van der Waals surface area contributed by atoms with Gasteiger partial charge in [0.05, 0.1) is 16.5 Å². The Hall–Kier alpha value is -1.36. The van der Waals surface area contributed by atoms with Gasteiger partial charge in [0.25, 0.3) is 0 Å². The largest absolute Gasteiger partial charge is 0.350 e. The molecule has 158 valence electrons. The van der Waals surface area contributed by atoms with Gasteiger partial charge < -0.3 is 10.6 Å². The molecule has 0 fully saturated rings. The summed E-state index contributed by atoms with van der Waals surface area (Å²) >= 11 is 7.09. The van der Waals surface area contributed by atoms with Gasteiger partial charge in [-0.15, -0.1) is 0 Å². The summed E-state index contributed by atoms with van der Waals surface area (Å²) in [5.41, 5.74) is -0.455. The van der Waals surface area contributed by atoms with E-state index in [-0.39, 0.29) is 22.9 Å². The van der Waals surface area contributed by atoms with Crippen molar-refractivity contribution < 1.29 is 22.4 Å². The van der Waals surface area contributed by atoms with Crippen LogP contribution >= 0.6 is 23.4 Å². The van der Waals surface area contributed by atoms with E-state index in [1.807, 2.05) is 6.26 Å². The summed E-state index contributed by atoms with van der Waals surface area (Å²) in [5, 5.41) is 4.79. The lowest BCUT2D eigenvalue weighted by atomic mass is 10.1. The summed E-state index contributed by atoms with van der Waals surface area (Å²) in [6.45, 7) is 5.12. The van der Waals surface area contributed by atoms with Crippen molar-refractivity contribution in [2.24, 2.45) is 0 Å². The number of sulfonamides is 1. The van der Waals surface area contributed by atoms with E-state index in [9.17, 15) is 22.4 Å². The molecule has 7 nitrogen and oxygen atoms in total. The zero-order valence-electron chi connectivity index (χ0n) is 16.1. The number of benzene rings is 1. The van der Waals surface area contributed by atoms with Crippen LogP contribution in [0.1, 0.15) is 27.2 Å². The molecule has 1 aromatic carbocycles. The average Bonchev–Trinajstić information content (AvgIpc) is 2.57. The van der Waals surface area contributed by atoms with Gasteiger partial charge in [0.2, 0.25) is 21.8 Å². The second-order valence-corrected chi connectivity index (χ2v) is 10.2. The number of rotatable bonds is 9. The second kappa shape index (κ2) is 10.4. The summed E-state index contributed by atoms with van der Waals surface area (Å²) < 4.78 is 40.7. The molecule has 0 bridgehead atoms. The van der Waals surface area contributed by atoms with Gasteiger partial charge in [-0.1, -0.05) is 11.6 Å². The first-order chi connectivity index (χ1) is 12.9. The van der Waals surface area contributed by atoms with Gasteiger partial charge in [0.15, 0.2) is 0 Å². The maximum absolute atomic E-state index is 13.3. The molecule has 3 N–H and O–H groups in total.